The van der Waals surface area contributed by atoms with Crippen LogP contribution in [0.25, 0.3) is 0 Å². The molecule has 1 amide bonds. The number of likely N-dealkylation sites (N-methyl/N-ethyl adjacent to an activating group) is 1. The van der Waals surface area contributed by atoms with Crippen LogP contribution in [0.1, 0.15) is 28.7 Å². The maximum absolute atomic E-state index is 12.4. The Labute approximate surface area is 184 Å². The smallest absolute Gasteiger partial charge is 0.223 e. The molecule has 2 aromatic carbocycles. The monoisotopic (exact) mass is 442 g/mol. The van der Waals surface area contributed by atoms with Crippen LogP contribution < -0.4 is 10.0 Å². The summed E-state index contributed by atoms with van der Waals surface area (Å²) in [6, 6.07) is 15.6. The lowest BCUT2D eigenvalue weighted by Crippen LogP contribution is -2.33. The van der Waals surface area contributed by atoms with E-state index >= 15 is 0 Å². The molecule has 0 radical (unpaired) electrons. The van der Waals surface area contributed by atoms with Gasteiger partial charge in [-0.3, -0.25) is 9.79 Å². The van der Waals surface area contributed by atoms with Gasteiger partial charge in [-0.1, -0.05) is 48.5 Å². The van der Waals surface area contributed by atoms with Gasteiger partial charge in [0.15, 0.2) is 0 Å². The van der Waals surface area contributed by atoms with E-state index in [0.717, 1.165) is 47.6 Å². The second-order valence-corrected chi connectivity index (χ2v) is 9.56. The summed E-state index contributed by atoms with van der Waals surface area (Å²) >= 11 is 0. The Hall–Kier alpha value is -2.71. The van der Waals surface area contributed by atoms with Crippen LogP contribution in [0.2, 0.25) is 0 Å². The Balaban J connectivity index is 1.40. The van der Waals surface area contributed by atoms with Crippen LogP contribution in [-0.4, -0.2) is 58.3 Å². The molecule has 1 heterocycles. The molecule has 0 unspecified atom stereocenters. The Morgan fingerprint density at radius 1 is 1.16 bits per heavy atom. The fourth-order valence-corrected chi connectivity index (χ4v) is 4.62. The number of sulfonamides is 1. The topological polar surface area (TPSA) is 90.9 Å². The van der Waals surface area contributed by atoms with Crippen molar-refractivity contribution >= 4 is 21.8 Å². The zero-order valence-corrected chi connectivity index (χ0v) is 18.9. The van der Waals surface area contributed by atoms with E-state index in [2.05, 4.69) is 27.2 Å². The molecule has 31 heavy (non-hydrogen) atoms. The molecule has 1 aliphatic rings. The SMILES string of the molecule is Cc1ccccc1CS(=O)(=O)NCCC(=O)N(C)CCc1ccc(C2=NCCN2)cc1. The van der Waals surface area contributed by atoms with Crippen molar-refractivity contribution in [2.24, 2.45) is 4.99 Å². The van der Waals surface area contributed by atoms with Crippen molar-refractivity contribution in [1.82, 2.24) is 14.9 Å². The van der Waals surface area contributed by atoms with Crippen LogP contribution in [-0.2, 0) is 27.0 Å². The van der Waals surface area contributed by atoms with E-state index in [-0.39, 0.29) is 24.6 Å². The van der Waals surface area contributed by atoms with Crippen molar-refractivity contribution in [1.29, 1.82) is 0 Å². The Bertz CT molecular complexity index is 1030. The first-order valence-corrected chi connectivity index (χ1v) is 12.1. The van der Waals surface area contributed by atoms with Gasteiger partial charge in [-0.05, 0) is 30.0 Å². The van der Waals surface area contributed by atoms with Gasteiger partial charge in [0.1, 0.15) is 5.84 Å². The van der Waals surface area contributed by atoms with Gasteiger partial charge in [-0.2, -0.15) is 0 Å². The number of nitrogens with zero attached hydrogens (tertiary/aromatic N) is 2. The highest BCUT2D eigenvalue weighted by atomic mass is 32.2. The first kappa shape index (κ1) is 23.0. The number of aryl methyl sites for hydroxylation is 1. The summed E-state index contributed by atoms with van der Waals surface area (Å²) in [4.78, 5) is 18.4. The Morgan fingerprint density at radius 2 is 1.90 bits per heavy atom. The minimum absolute atomic E-state index is 0.0817. The van der Waals surface area contributed by atoms with E-state index < -0.39 is 10.0 Å². The fourth-order valence-electron chi connectivity index (χ4n) is 3.37. The number of hydrogen-bond acceptors (Lipinski definition) is 5. The molecule has 2 N–H and O–H groups in total. The predicted molar refractivity (Wildman–Crippen MR) is 124 cm³/mol. The number of aliphatic imine (C=N–C) groups is 1. The molecule has 0 spiro atoms. The van der Waals surface area contributed by atoms with E-state index in [1.54, 1.807) is 18.0 Å². The third kappa shape index (κ3) is 6.90. The number of carbonyl (C=O) groups is 1. The highest BCUT2D eigenvalue weighted by molar-refractivity contribution is 7.88. The van der Waals surface area contributed by atoms with Crippen molar-refractivity contribution in [3.05, 3.63) is 70.8 Å². The van der Waals surface area contributed by atoms with E-state index in [9.17, 15) is 13.2 Å². The number of nitrogens with one attached hydrogen (secondary N) is 2. The second-order valence-electron chi connectivity index (χ2n) is 7.75. The van der Waals surface area contributed by atoms with Crippen molar-refractivity contribution in [3.8, 4) is 0 Å². The molecule has 0 saturated carbocycles. The predicted octanol–water partition coefficient (Wildman–Crippen LogP) is 1.86. The molecule has 8 heteroatoms. The van der Waals surface area contributed by atoms with Crippen LogP contribution in [0.15, 0.2) is 53.5 Å². The van der Waals surface area contributed by atoms with Gasteiger partial charge in [0.2, 0.25) is 15.9 Å². The Morgan fingerprint density at radius 3 is 2.58 bits per heavy atom. The number of benzene rings is 2. The summed E-state index contributed by atoms with van der Waals surface area (Å²) in [5.41, 5.74) is 3.91. The maximum atomic E-state index is 12.4. The zero-order valence-electron chi connectivity index (χ0n) is 18.1. The van der Waals surface area contributed by atoms with Crippen molar-refractivity contribution < 1.29 is 13.2 Å². The summed E-state index contributed by atoms with van der Waals surface area (Å²) in [7, 11) is -1.73. The van der Waals surface area contributed by atoms with E-state index in [1.165, 1.54) is 0 Å². The number of carbonyl (C=O) groups excluding carboxylic acids is 1. The average molecular weight is 443 g/mol. The van der Waals surface area contributed by atoms with Crippen LogP contribution in [0.4, 0.5) is 0 Å². The van der Waals surface area contributed by atoms with Gasteiger partial charge in [-0.15, -0.1) is 0 Å². The molecule has 2 aromatic rings. The number of hydrogen-bond donors (Lipinski definition) is 2. The molecule has 1 aliphatic heterocycles. The zero-order chi connectivity index (χ0) is 22.3. The first-order valence-electron chi connectivity index (χ1n) is 10.5. The lowest BCUT2D eigenvalue weighted by atomic mass is 10.1. The van der Waals surface area contributed by atoms with Crippen LogP contribution in [0.3, 0.4) is 0 Å². The van der Waals surface area contributed by atoms with E-state index in [4.69, 9.17) is 0 Å². The van der Waals surface area contributed by atoms with Gasteiger partial charge < -0.3 is 10.2 Å². The third-order valence-corrected chi connectivity index (χ3v) is 6.67. The summed E-state index contributed by atoms with van der Waals surface area (Å²) in [6.07, 6.45) is 0.870. The van der Waals surface area contributed by atoms with Crippen molar-refractivity contribution in [2.75, 3.05) is 33.2 Å². The molecule has 3 rings (SSSR count). The minimum atomic E-state index is -3.48. The van der Waals surface area contributed by atoms with Crippen molar-refractivity contribution in [2.45, 2.75) is 25.5 Å². The molecule has 0 bridgehead atoms. The number of amidine groups is 1. The number of rotatable bonds is 10. The molecular formula is C23H30N4O3S. The molecular weight excluding hydrogens is 412 g/mol. The summed E-state index contributed by atoms with van der Waals surface area (Å²) in [5.74, 6) is 0.769. The quantitative estimate of drug-likeness (QED) is 0.588. The minimum Gasteiger partial charge on any atom is -0.368 e. The summed E-state index contributed by atoms with van der Waals surface area (Å²) in [6.45, 7) is 4.25. The molecule has 0 fully saturated rings. The summed E-state index contributed by atoms with van der Waals surface area (Å²) in [5, 5.41) is 3.25. The third-order valence-electron chi connectivity index (χ3n) is 5.33. The van der Waals surface area contributed by atoms with Crippen molar-refractivity contribution in [3.63, 3.8) is 0 Å². The Kier molecular flexibility index (Phi) is 7.81. The van der Waals surface area contributed by atoms with Gasteiger partial charge >= 0.3 is 0 Å². The molecule has 0 atom stereocenters. The first-order chi connectivity index (χ1) is 14.8. The maximum Gasteiger partial charge on any atom is 0.223 e. The van der Waals surface area contributed by atoms with Gasteiger partial charge in [0.05, 0.1) is 12.3 Å². The molecule has 7 nitrogen and oxygen atoms in total. The van der Waals surface area contributed by atoms with Gasteiger partial charge in [-0.25, -0.2) is 13.1 Å². The van der Waals surface area contributed by atoms with E-state index in [0.29, 0.717) is 6.54 Å². The largest absolute Gasteiger partial charge is 0.368 e. The average Bonchev–Trinajstić information content (AvgIpc) is 3.28. The normalized spacial score (nSPS) is 13.5. The molecule has 0 aliphatic carbocycles. The fraction of sp³-hybridized carbons (Fsp3) is 0.391. The molecule has 0 saturated heterocycles. The van der Waals surface area contributed by atoms with Crippen LogP contribution >= 0.6 is 0 Å². The highest BCUT2D eigenvalue weighted by Gasteiger charge is 2.15. The highest BCUT2D eigenvalue weighted by Crippen LogP contribution is 2.11. The van der Waals surface area contributed by atoms with Gasteiger partial charge in [0, 0.05) is 38.7 Å². The standard InChI is InChI=1S/C23H30N4O3S/c1-18-5-3-4-6-21(18)17-31(29,30)26-13-11-22(28)27(2)16-12-19-7-9-20(10-8-19)23-24-14-15-25-23/h3-10,26H,11-17H2,1-2H3,(H,24,25). The van der Waals surface area contributed by atoms with Gasteiger partial charge in [0.25, 0.3) is 0 Å². The van der Waals surface area contributed by atoms with E-state index in [1.807, 2.05) is 37.3 Å². The molecule has 166 valence electrons. The second kappa shape index (κ2) is 10.5. The van der Waals surface area contributed by atoms with Crippen LogP contribution in [0.5, 0.6) is 0 Å². The van der Waals surface area contributed by atoms with Crippen LogP contribution in [0, 0.1) is 6.92 Å². The lowest BCUT2D eigenvalue weighted by Gasteiger charge is -2.17. The number of amides is 1. The lowest BCUT2D eigenvalue weighted by molar-refractivity contribution is -0.129. The summed E-state index contributed by atoms with van der Waals surface area (Å²) < 4.78 is 27.1. The molecule has 0 aromatic heterocycles.